The zero-order valence-corrected chi connectivity index (χ0v) is 14.3. The second-order valence-corrected chi connectivity index (χ2v) is 6.11. The van der Waals surface area contributed by atoms with Gasteiger partial charge in [0, 0.05) is 25.0 Å². The van der Waals surface area contributed by atoms with Crippen molar-refractivity contribution < 1.29 is 24.2 Å². The Bertz CT molecular complexity index is 593. The van der Waals surface area contributed by atoms with E-state index in [0.29, 0.717) is 25.3 Å². The molecule has 2 N–H and O–H groups in total. The Morgan fingerprint density at radius 3 is 2.58 bits per heavy atom. The van der Waals surface area contributed by atoms with E-state index in [2.05, 4.69) is 5.32 Å². The molecular weight excluding hydrogens is 310 g/mol. The molecule has 2 rings (SSSR count). The van der Waals surface area contributed by atoms with Crippen LogP contribution in [0.25, 0.3) is 0 Å². The number of rotatable bonds is 8. The van der Waals surface area contributed by atoms with Crippen LogP contribution >= 0.6 is 0 Å². The van der Waals surface area contributed by atoms with Gasteiger partial charge in [-0.25, -0.2) is 4.79 Å². The molecule has 1 saturated carbocycles. The molecule has 1 fully saturated rings. The number of hydrogen-bond donors (Lipinski definition) is 2. The molecule has 0 bridgehead atoms. The van der Waals surface area contributed by atoms with E-state index in [0.717, 1.165) is 25.7 Å². The molecule has 0 atom stereocenters. The summed E-state index contributed by atoms with van der Waals surface area (Å²) in [6, 6.07) is 4.58. The second kappa shape index (κ2) is 8.15. The molecule has 0 radical (unpaired) electrons. The Balaban J connectivity index is 2.13. The number of aromatic carboxylic acids is 1. The number of amides is 1. The van der Waals surface area contributed by atoms with E-state index in [9.17, 15) is 9.59 Å². The van der Waals surface area contributed by atoms with Gasteiger partial charge in [-0.15, -0.1) is 0 Å². The molecule has 0 aliphatic heterocycles. The summed E-state index contributed by atoms with van der Waals surface area (Å²) in [7, 11) is 1.41. The topological polar surface area (TPSA) is 84.9 Å². The fourth-order valence-corrected chi connectivity index (χ4v) is 3.26. The maximum absolute atomic E-state index is 12.8. The summed E-state index contributed by atoms with van der Waals surface area (Å²) in [5.74, 6) is -0.853. The van der Waals surface area contributed by atoms with Crippen LogP contribution in [0.5, 0.6) is 5.75 Å². The van der Waals surface area contributed by atoms with Gasteiger partial charge in [0.1, 0.15) is 11.3 Å². The van der Waals surface area contributed by atoms with Gasteiger partial charge in [-0.1, -0.05) is 12.8 Å². The maximum atomic E-state index is 12.8. The van der Waals surface area contributed by atoms with Gasteiger partial charge in [0.05, 0.1) is 12.5 Å². The summed E-state index contributed by atoms with van der Waals surface area (Å²) in [5.41, 5.74) is 0.223. The van der Waals surface area contributed by atoms with Crippen LogP contribution in [0.3, 0.4) is 0 Å². The second-order valence-electron chi connectivity index (χ2n) is 6.11. The van der Waals surface area contributed by atoms with Crippen LogP contribution in [0, 0.1) is 5.41 Å². The van der Waals surface area contributed by atoms with Crippen LogP contribution in [0.4, 0.5) is 5.69 Å². The molecule has 1 aliphatic carbocycles. The molecule has 1 amide bonds. The number of carbonyl (C=O) groups excluding carboxylic acids is 1. The first kappa shape index (κ1) is 18.3. The molecule has 0 heterocycles. The fraction of sp³-hybridized carbons (Fsp3) is 0.556. The molecular formula is C18H25NO5. The Hall–Kier alpha value is -2.08. The van der Waals surface area contributed by atoms with Crippen LogP contribution in [0.1, 0.15) is 49.4 Å². The molecule has 1 aromatic carbocycles. The maximum Gasteiger partial charge on any atom is 0.339 e. The monoisotopic (exact) mass is 335 g/mol. The number of hydrogen-bond acceptors (Lipinski definition) is 4. The number of methoxy groups -OCH3 is 1. The molecule has 6 nitrogen and oxygen atoms in total. The van der Waals surface area contributed by atoms with Gasteiger partial charge in [0.15, 0.2) is 0 Å². The van der Waals surface area contributed by atoms with E-state index in [1.807, 2.05) is 6.92 Å². The first-order chi connectivity index (χ1) is 11.5. The standard InChI is InChI=1S/C18H25NO5/c1-3-24-11-10-18(8-4-5-9-18)17(22)19-13-6-7-14(16(20)21)15(12-13)23-2/h6-7,12H,3-5,8-11H2,1-2H3,(H,19,22)(H,20,21). The van der Waals surface area contributed by atoms with Crippen LogP contribution < -0.4 is 10.1 Å². The third kappa shape index (κ3) is 4.06. The van der Waals surface area contributed by atoms with Gasteiger partial charge < -0.3 is 19.9 Å². The van der Waals surface area contributed by atoms with E-state index in [1.165, 1.54) is 13.2 Å². The predicted octanol–water partition coefficient (Wildman–Crippen LogP) is 3.32. The highest BCUT2D eigenvalue weighted by Crippen LogP contribution is 2.42. The van der Waals surface area contributed by atoms with Gasteiger partial charge in [-0.3, -0.25) is 4.79 Å². The van der Waals surface area contributed by atoms with Crippen molar-refractivity contribution in [3.8, 4) is 5.75 Å². The molecule has 1 aromatic rings. The van der Waals surface area contributed by atoms with Crippen LogP contribution in [-0.2, 0) is 9.53 Å². The molecule has 1 aliphatic rings. The number of carboxylic acids is 1. The number of anilines is 1. The van der Waals surface area contributed by atoms with Crippen molar-refractivity contribution in [3.63, 3.8) is 0 Å². The van der Waals surface area contributed by atoms with Gasteiger partial charge in [0.25, 0.3) is 0 Å². The third-order valence-corrected chi connectivity index (χ3v) is 4.66. The Labute approximate surface area is 142 Å². The van der Waals surface area contributed by atoms with Crippen molar-refractivity contribution in [2.24, 2.45) is 5.41 Å². The summed E-state index contributed by atoms with van der Waals surface area (Å²) < 4.78 is 10.5. The molecule has 0 saturated heterocycles. The largest absolute Gasteiger partial charge is 0.496 e. The average Bonchev–Trinajstić information content (AvgIpc) is 3.05. The highest BCUT2D eigenvalue weighted by Gasteiger charge is 2.40. The molecule has 132 valence electrons. The van der Waals surface area contributed by atoms with Crippen LogP contribution in [0.2, 0.25) is 0 Å². The summed E-state index contributed by atoms with van der Waals surface area (Å²) >= 11 is 0. The summed E-state index contributed by atoms with van der Waals surface area (Å²) in [6.45, 7) is 3.16. The summed E-state index contributed by atoms with van der Waals surface area (Å²) in [5, 5.41) is 12.0. The van der Waals surface area contributed by atoms with Crippen molar-refractivity contribution in [2.45, 2.75) is 39.0 Å². The zero-order valence-electron chi connectivity index (χ0n) is 14.3. The van der Waals surface area contributed by atoms with Gasteiger partial charge >= 0.3 is 5.97 Å². The number of carboxylic acid groups (broad SMARTS) is 1. The Morgan fingerprint density at radius 2 is 2.00 bits per heavy atom. The minimum absolute atomic E-state index is 0.0233. The van der Waals surface area contributed by atoms with E-state index in [1.54, 1.807) is 12.1 Å². The van der Waals surface area contributed by atoms with Crippen LogP contribution in [-0.4, -0.2) is 37.3 Å². The molecule has 0 unspecified atom stereocenters. The van der Waals surface area contributed by atoms with Gasteiger partial charge in [-0.05, 0) is 38.3 Å². The minimum Gasteiger partial charge on any atom is -0.496 e. The highest BCUT2D eigenvalue weighted by atomic mass is 16.5. The third-order valence-electron chi connectivity index (χ3n) is 4.66. The summed E-state index contributed by atoms with van der Waals surface area (Å²) in [4.78, 5) is 24.0. The van der Waals surface area contributed by atoms with E-state index in [4.69, 9.17) is 14.6 Å². The lowest BCUT2D eigenvalue weighted by Crippen LogP contribution is -2.35. The molecule has 0 spiro atoms. The lowest BCUT2D eigenvalue weighted by atomic mass is 9.82. The number of ether oxygens (including phenoxy) is 2. The lowest BCUT2D eigenvalue weighted by Gasteiger charge is -2.27. The van der Waals surface area contributed by atoms with Gasteiger partial charge in [0.2, 0.25) is 5.91 Å². The molecule has 0 aromatic heterocycles. The van der Waals surface area contributed by atoms with E-state index < -0.39 is 11.4 Å². The van der Waals surface area contributed by atoms with Gasteiger partial charge in [-0.2, -0.15) is 0 Å². The SMILES string of the molecule is CCOCCC1(C(=O)Nc2ccc(C(=O)O)c(OC)c2)CCCC1. The fourth-order valence-electron chi connectivity index (χ4n) is 3.26. The van der Waals surface area contributed by atoms with E-state index >= 15 is 0 Å². The highest BCUT2D eigenvalue weighted by molar-refractivity contribution is 5.97. The number of benzene rings is 1. The van der Waals surface area contributed by atoms with E-state index in [-0.39, 0.29) is 17.2 Å². The predicted molar refractivity (Wildman–Crippen MR) is 90.6 cm³/mol. The number of carbonyl (C=O) groups is 2. The van der Waals surface area contributed by atoms with Crippen molar-refractivity contribution in [3.05, 3.63) is 23.8 Å². The average molecular weight is 335 g/mol. The van der Waals surface area contributed by atoms with Crippen molar-refractivity contribution in [1.29, 1.82) is 0 Å². The Kier molecular flexibility index (Phi) is 6.20. The van der Waals surface area contributed by atoms with Crippen molar-refractivity contribution in [1.82, 2.24) is 0 Å². The zero-order chi connectivity index (χ0) is 17.6. The first-order valence-corrected chi connectivity index (χ1v) is 8.33. The smallest absolute Gasteiger partial charge is 0.339 e. The normalized spacial score (nSPS) is 15.9. The van der Waals surface area contributed by atoms with Crippen molar-refractivity contribution >= 4 is 17.6 Å². The first-order valence-electron chi connectivity index (χ1n) is 8.33. The summed E-state index contributed by atoms with van der Waals surface area (Å²) in [6.07, 6.45) is 4.51. The lowest BCUT2D eigenvalue weighted by molar-refractivity contribution is -0.126. The molecule has 24 heavy (non-hydrogen) atoms. The number of nitrogens with one attached hydrogen (secondary N) is 1. The van der Waals surface area contributed by atoms with Crippen molar-refractivity contribution in [2.75, 3.05) is 25.6 Å². The van der Waals surface area contributed by atoms with Crippen LogP contribution in [0.15, 0.2) is 18.2 Å². The minimum atomic E-state index is -1.06. The quantitative estimate of drug-likeness (QED) is 0.712. The molecule has 6 heteroatoms. The Morgan fingerprint density at radius 1 is 1.29 bits per heavy atom.